The van der Waals surface area contributed by atoms with E-state index in [1.807, 2.05) is 35.4 Å². The van der Waals surface area contributed by atoms with Crippen LogP contribution in [0.4, 0.5) is 5.82 Å². The highest BCUT2D eigenvalue weighted by atomic mass is 35.5. The predicted octanol–water partition coefficient (Wildman–Crippen LogP) is 3.18. The summed E-state index contributed by atoms with van der Waals surface area (Å²) in [7, 11) is 1.64. The van der Waals surface area contributed by atoms with Crippen molar-refractivity contribution in [3.63, 3.8) is 0 Å². The van der Waals surface area contributed by atoms with Crippen LogP contribution in [0.25, 0.3) is 16.9 Å². The number of anilines is 1. The second kappa shape index (κ2) is 9.56. The van der Waals surface area contributed by atoms with E-state index >= 15 is 0 Å². The van der Waals surface area contributed by atoms with E-state index in [9.17, 15) is 4.79 Å². The summed E-state index contributed by atoms with van der Waals surface area (Å²) < 4.78 is 12.7. The van der Waals surface area contributed by atoms with E-state index in [1.54, 1.807) is 35.9 Å². The van der Waals surface area contributed by atoms with Crippen molar-refractivity contribution in [3.05, 3.63) is 66.1 Å². The lowest BCUT2D eigenvalue weighted by Crippen LogP contribution is -2.50. The Morgan fingerprint density at radius 3 is 2.56 bits per heavy atom. The minimum absolute atomic E-state index is 0.0278. The van der Waals surface area contributed by atoms with Crippen molar-refractivity contribution in [2.75, 3.05) is 44.8 Å². The molecule has 174 valence electrons. The van der Waals surface area contributed by atoms with Crippen molar-refractivity contribution in [1.29, 1.82) is 0 Å². The highest BCUT2D eigenvalue weighted by Gasteiger charge is 2.26. The van der Waals surface area contributed by atoms with Gasteiger partial charge in [0.2, 0.25) is 0 Å². The summed E-state index contributed by atoms with van der Waals surface area (Å²) in [4.78, 5) is 25.4. The van der Waals surface area contributed by atoms with Gasteiger partial charge in [-0.15, -0.1) is 0 Å². The van der Waals surface area contributed by atoms with Gasteiger partial charge in [-0.05, 0) is 35.9 Å². The number of aromatic nitrogens is 4. The Morgan fingerprint density at radius 1 is 1.03 bits per heavy atom. The lowest BCUT2D eigenvalue weighted by molar-refractivity contribution is -0.133. The summed E-state index contributed by atoms with van der Waals surface area (Å²) in [5.41, 5.74) is 1.93. The molecular formula is C24H23ClN6O3. The normalized spacial score (nSPS) is 13.8. The van der Waals surface area contributed by atoms with E-state index in [0.717, 1.165) is 22.7 Å². The van der Waals surface area contributed by atoms with Gasteiger partial charge in [-0.3, -0.25) is 4.79 Å². The molecular weight excluding hydrogens is 456 g/mol. The standard InChI is InChI=1S/C24H23ClN6O3/c1-33-19-7-5-17(6-8-19)21-14-26-24-27-16-28-31(24)23(21)30-11-9-29(10-12-30)22(32)15-34-20-4-2-3-18(25)13-20/h2-8,13-14,16H,9-12,15H2,1H3. The summed E-state index contributed by atoms with van der Waals surface area (Å²) in [5, 5.41) is 4.98. The average Bonchev–Trinajstić information content (AvgIpc) is 3.36. The predicted molar refractivity (Wildman–Crippen MR) is 129 cm³/mol. The van der Waals surface area contributed by atoms with Crippen molar-refractivity contribution in [2.24, 2.45) is 0 Å². The lowest BCUT2D eigenvalue weighted by Gasteiger charge is -2.36. The molecule has 1 amide bonds. The van der Waals surface area contributed by atoms with Crippen molar-refractivity contribution in [2.45, 2.75) is 0 Å². The molecule has 0 spiro atoms. The molecule has 0 radical (unpaired) electrons. The number of benzene rings is 2. The first-order valence-electron chi connectivity index (χ1n) is 10.9. The fourth-order valence-corrected chi connectivity index (χ4v) is 4.19. The summed E-state index contributed by atoms with van der Waals surface area (Å²) in [6.07, 6.45) is 3.31. The molecule has 3 heterocycles. The van der Waals surface area contributed by atoms with Crippen LogP contribution >= 0.6 is 11.6 Å². The largest absolute Gasteiger partial charge is 0.497 e. The van der Waals surface area contributed by atoms with Gasteiger partial charge in [0, 0.05) is 43.0 Å². The number of methoxy groups -OCH3 is 1. The summed E-state index contributed by atoms with van der Waals surface area (Å²) in [6.45, 7) is 2.40. The van der Waals surface area contributed by atoms with Crippen molar-refractivity contribution in [3.8, 4) is 22.6 Å². The Labute approximate surface area is 201 Å². The van der Waals surface area contributed by atoms with Gasteiger partial charge in [0.15, 0.2) is 6.61 Å². The first-order valence-corrected chi connectivity index (χ1v) is 11.2. The van der Waals surface area contributed by atoms with Crippen molar-refractivity contribution < 1.29 is 14.3 Å². The van der Waals surface area contributed by atoms with E-state index in [0.29, 0.717) is 42.7 Å². The van der Waals surface area contributed by atoms with Crippen LogP contribution in [0, 0.1) is 0 Å². The van der Waals surface area contributed by atoms with Crippen LogP contribution in [0.2, 0.25) is 5.02 Å². The van der Waals surface area contributed by atoms with Gasteiger partial charge < -0.3 is 19.3 Å². The number of carbonyl (C=O) groups excluding carboxylic acids is 1. The fraction of sp³-hybridized carbons (Fsp3) is 0.250. The second-order valence-corrected chi connectivity index (χ2v) is 8.25. The summed E-state index contributed by atoms with van der Waals surface area (Å²) in [6, 6.07) is 14.9. The van der Waals surface area contributed by atoms with Gasteiger partial charge in [0.1, 0.15) is 23.6 Å². The van der Waals surface area contributed by atoms with Gasteiger partial charge in [0.25, 0.3) is 11.7 Å². The number of amides is 1. The molecule has 5 rings (SSSR count). The second-order valence-electron chi connectivity index (χ2n) is 7.81. The molecule has 4 aromatic rings. The molecule has 0 atom stereocenters. The number of nitrogens with zero attached hydrogens (tertiary/aromatic N) is 6. The molecule has 10 heteroatoms. The number of rotatable bonds is 6. The zero-order chi connectivity index (χ0) is 23.5. The number of piperazine rings is 1. The molecule has 0 bridgehead atoms. The smallest absolute Gasteiger partial charge is 0.260 e. The van der Waals surface area contributed by atoms with Gasteiger partial charge in [0.05, 0.1) is 7.11 Å². The summed E-state index contributed by atoms with van der Waals surface area (Å²) >= 11 is 5.99. The monoisotopic (exact) mass is 478 g/mol. The fourth-order valence-electron chi connectivity index (χ4n) is 4.01. The Kier molecular flexibility index (Phi) is 6.18. The molecule has 1 saturated heterocycles. The quantitative estimate of drug-likeness (QED) is 0.420. The molecule has 0 N–H and O–H groups in total. The van der Waals surface area contributed by atoms with E-state index in [4.69, 9.17) is 21.1 Å². The Bertz CT molecular complexity index is 1300. The Morgan fingerprint density at radius 2 is 1.82 bits per heavy atom. The number of ether oxygens (including phenoxy) is 2. The maximum Gasteiger partial charge on any atom is 0.260 e. The lowest BCUT2D eigenvalue weighted by atomic mass is 10.1. The van der Waals surface area contributed by atoms with Gasteiger partial charge in [-0.25, -0.2) is 4.98 Å². The highest BCUT2D eigenvalue weighted by Crippen LogP contribution is 2.32. The molecule has 9 nitrogen and oxygen atoms in total. The third-order valence-electron chi connectivity index (χ3n) is 5.77. The molecule has 1 aliphatic heterocycles. The van der Waals surface area contributed by atoms with E-state index < -0.39 is 0 Å². The van der Waals surface area contributed by atoms with Crippen molar-refractivity contribution in [1.82, 2.24) is 24.5 Å². The first kappa shape index (κ1) is 22.0. The molecule has 1 aliphatic rings. The first-order chi connectivity index (χ1) is 16.6. The zero-order valence-corrected chi connectivity index (χ0v) is 19.4. The van der Waals surface area contributed by atoms with Crippen LogP contribution in [-0.2, 0) is 4.79 Å². The SMILES string of the molecule is COc1ccc(-c2cnc3ncnn3c2N2CCN(C(=O)COc3cccc(Cl)c3)CC2)cc1. The van der Waals surface area contributed by atoms with Crippen LogP contribution in [0.3, 0.4) is 0 Å². The molecule has 0 aliphatic carbocycles. The zero-order valence-electron chi connectivity index (χ0n) is 18.6. The van der Waals surface area contributed by atoms with E-state index in [1.165, 1.54) is 6.33 Å². The van der Waals surface area contributed by atoms with Crippen LogP contribution in [0.15, 0.2) is 61.1 Å². The molecule has 0 saturated carbocycles. The molecule has 0 unspecified atom stereocenters. The summed E-state index contributed by atoms with van der Waals surface area (Å²) in [5.74, 6) is 2.73. The van der Waals surface area contributed by atoms with Crippen LogP contribution < -0.4 is 14.4 Å². The molecule has 34 heavy (non-hydrogen) atoms. The maximum absolute atomic E-state index is 12.7. The van der Waals surface area contributed by atoms with E-state index in [2.05, 4.69) is 20.0 Å². The number of hydrogen-bond acceptors (Lipinski definition) is 7. The van der Waals surface area contributed by atoms with E-state index in [-0.39, 0.29) is 12.5 Å². The molecule has 2 aromatic heterocycles. The third kappa shape index (κ3) is 4.47. The van der Waals surface area contributed by atoms with Gasteiger partial charge >= 0.3 is 0 Å². The Hall–Kier alpha value is -3.85. The number of halogens is 1. The molecule has 2 aromatic carbocycles. The minimum Gasteiger partial charge on any atom is -0.497 e. The topological polar surface area (TPSA) is 85.1 Å². The minimum atomic E-state index is -0.0596. The van der Waals surface area contributed by atoms with Crippen LogP contribution in [0.1, 0.15) is 0 Å². The van der Waals surface area contributed by atoms with Crippen molar-refractivity contribution >= 4 is 29.1 Å². The highest BCUT2D eigenvalue weighted by molar-refractivity contribution is 6.30. The number of carbonyl (C=O) groups is 1. The Balaban J connectivity index is 1.32. The molecule has 1 fully saturated rings. The number of hydrogen-bond donors (Lipinski definition) is 0. The van der Waals surface area contributed by atoms with Gasteiger partial charge in [-0.1, -0.05) is 29.8 Å². The average molecular weight is 479 g/mol. The maximum atomic E-state index is 12.7. The van der Waals surface area contributed by atoms with Gasteiger partial charge in [-0.2, -0.15) is 14.6 Å². The van der Waals surface area contributed by atoms with Crippen LogP contribution in [-0.4, -0.2) is 70.3 Å². The third-order valence-corrected chi connectivity index (χ3v) is 6.01. The van der Waals surface area contributed by atoms with Crippen LogP contribution in [0.5, 0.6) is 11.5 Å². The number of fused-ring (bicyclic) bond motifs is 1.